The summed E-state index contributed by atoms with van der Waals surface area (Å²) < 4.78 is 5.53. The van der Waals surface area contributed by atoms with Crippen LogP contribution in [0, 0.1) is 12.3 Å². The number of hydrogen-bond donors (Lipinski definition) is 1. The summed E-state index contributed by atoms with van der Waals surface area (Å²) in [7, 11) is 1.75. The molecule has 0 aromatic heterocycles. The molecule has 1 saturated carbocycles. The second-order valence-electron chi connectivity index (χ2n) is 6.90. The largest absolute Gasteiger partial charge is 0.496 e. The minimum absolute atomic E-state index is 0.0970. The zero-order valence-electron chi connectivity index (χ0n) is 13.3. The molecule has 1 N–H and O–H groups in total. The number of aliphatic hydroxyl groups excluding tert-OH is 1. The van der Waals surface area contributed by atoms with E-state index in [4.69, 9.17) is 4.74 Å². The number of ether oxygens (including phenoxy) is 1. The molecule has 0 unspecified atom stereocenters. The van der Waals surface area contributed by atoms with E-state index >= 15 is 0 Å². The summed E-state index contributed by atoms with van der Waals surface area (Å²) in [6.45, 7) is 5.19. The molecular formula is C18H27NO2. The van der Waals surface area contributed by atoms with Gasteiger partial charge in [-0.2, -0.15) is 0 Å². The highest BCUT2D eigenvalue weighted by atomic mass is 16.5. The first-order valence-electron chi connectivity index (χ1n) is 8.17. The van der Waals surface area contributed by atoms with E-state index in [2.05, 4.69) is 30.0 Å². The van der Waals surface area contributed by atoms with Crippen molar-refractivity contribution in [2.45, 2.75) is 51.7 Å². The van der Waals surface area contributed by atoms with Crippen molar-refractivity contribution >= 4 is 0 Å². The van der Waals surface area contributed by atoms with Gasteiger partial charge in [0.1, 0.15) is 5.75 Å². The number of aryl methyl sites for hydroxylation is 1. The second-order valence-corrected chi connectivity index (χ2v) is 6.90. The first-order chi connectivity index (χ1) is 10.1. The van der Waals surface area contributed by atoms with E-state index in [9.17, 15) is 5.11 Å². The zero-order chi connectivity index (χ0) is 14.9. The fraction of sp³-hybridized carbons (Fsp3) is 0.667. The maximum Gasteiger partial charge on any atom is 0.123 e. The average molecular weight is 289 g/mol. The molecule has 1 saturated heterocycles. The van der Waals surface area contributed by atoms with Gasteiger partial charge in [-0.05, 0) is 50.8 Å². The van der Waals surface area contributed by atoms with Gasteiger partial charge >= 0.3 is 0 Å². The molecule has 1 heterocycles. The van der Waals surface area contributed by atoms with Crippen molar-refractivity contribution in [1.82, 2.24) is 4.90 Å². The van der Waals surface area contributed by atoms with Gasteiger partial charge in [0.25, 0.3) is 0 Å². The highest BCUT2D eigenvalue weighted by molar-refractivity contribution is 5.37. The maximum atomic E-state index is 10.4. The van der Waals surface area contributed by atoms with E-state index in [1.807, 2.05) is 0 Å². The molecule has 1 aromatic rings. The number of aliphatic hydroxyl groups is 1. The Labute approximate surface area is 127 Å². The lowest BCUT2D eigenvalue weighted by Gasteiger charge is -2.42. The molecule has 2 fully saturated rings. The normalized spacial score (nSPS) is 30.0. The highest BCUT2D eigenvalue weighted by Gasteiger charge is 2.44. The number of methoxy groups -OCH3 is 1. The SMILES string of the molecule is COc1cc(C)ccc1CN1CCC[C@@]2(CCC[C@H]2O)C1. The first kappa shape index (κ1) is 14.9. The van der Waals surface area contributed by atoms with Crippen molar-refractivity contribution < 1.29 is 9.84 Å². The summed E-state index contributed by atoms with van der Waals surface area (Å²) in [5, 5.41) is 10.4. The topological polar surface area (TPSA) is 32.7 Å². The molecule has 1 aliphatic heterocycles. The Morgan fingerprint density at radius 1 is 1.33 bits per heavy atom. The Morgan fingerprint density at radius 3 is 2.86 bits per heavy atom. The van der Waals surface area contributed by atoms with Crippen LogP contribution >= 0.6 is 0 Å². The van der Waals surface area contributed by atoms with Crippen LogP contribution in [-0.4, -0.2) is 36.3 Å². The minimum Gasteiger partial charge on any atom is -0.496 e. The van der Waals surface area contributed by atoms with Crippen LogP contribution in [0.3, 0.4) is 0 Å². The Kier molecular flexibility index (Phi) is 4.23. The van der Waals surface area contributed by atoms with E-state index < -0.39 is 0 Å². The predicted molar refractivity (Wildman–Crippen MR) is 84.5 cm³/mol. The number of piperidine rings is 1. The van der Waals surface area contributed by atoms with Gasteiger partial charge < -0.3 is 9.84 Å². The van der Waals surface area contributed by atoms with Gasteiger partial charge in [-0.3, -0.25) is 4.90 Å². The van der Waals surface area contributed by atoms with Crippen LogP contribution in [0.1, 0.15) is 43.2 Å². The summed E-state index contributed by atoms with van der Waals surface area (Å²) in [6.07, 6.45) is 5.65. The summed E-state index contributed by atoms with van der Waals surface area (Å²) in [6, 6.07) is 6.45. The fourth-order valence-corrected chi connectivity index (χ4v) is 4.21. The van der Waals surface area contributed by atoms with Crippen molar-refractivity contribution in [1.29, 1.82) is 0 Å². The standard InChI is InChI=1S/C18H27NO2/c1-14-6-7-15(16(11-14)21-2)12-19-10-4-9-18(13-19)8-3-5-17(18)20/h6-7,11,17,20H,3-5,8-10,12-13H2,1-2H3/t17-,18+/m1/s1. The van der Waals surface area contributed by atoms with E-state index in [0.29, 0.717) is 0 Å². The van der Waals surface area contributed by atoms with Crippen LogP contribution in [0.5, 0.6) is 5.75 Å². The lowest BCUT2D eigenvalue weighted by Crippen LogP contribution is -2.46. The summed E-state index contributed by atoms with van der Waals surface area (Å²) in [5.74, 6) is 0.988. The van der Waals surface area contributed by atoms with Crippen molar-refractivity contribution in [2.24, 2.45) is 5.41 Å². The number of nitrogens with zero attached hydrogens (tertiary/aromatic N) is 1. The molecule has 3 heteroatoms. The van der Waals surface area contributed by atoms with Gasteiger partial charge in [-0.1, -0.05) is 18.6 Å². The Bertz CT molecular complexity index is 502. The summed E-state index contributed by atoms with van der Waals surface area (Å²) >= 11 is 0. The first-order valence-corrected chi connectivity index (χ1v) is 8.17. The van der Waals surface area contributed by atoms with Crippen LogP contribution < -0.4 is 4.74 Å². The average Bonchev–Trinajstić information content (AvgIpc) is 2.81. The molecule has 0 amide bonds. The molecule has 3 rings (SSSR count). The third-order valence-corrected chi connectivity index (χ3v) is 5.38. The lowest BCUT2D eigenvalue weighted by atomic mass is 9.76. The molecular weight excluding hydrogens is 262 g/mol. The molecule has 0 bridgehead atoms. The molecule has 2 atom stereocenters. The molecule has 3 nitrogen and oxygen atoms in total. The molecule has 1 aliphatic carbocycles. The van der Waals surface area contributed by atoms with Crippen LogP contribution in [0.2, 0.25) is 0 Å². The smallest absolute Gasteiger partial charge is 0.123 e. The molecule has 21 heavy (non-hydrogen) atoms. The summed E-state index contributed by atoms with van der Waals surface area (Å²) in [5.41, 5.74) is 2.65. The zero-order valence-corrected chi connectivity index (χ0v) is 13.3. The Hall–Kier alpha value is -1.06. The molecule has 2 aliphatic rings. The third-order valence-electron chi connectivity index (χ3n) is 5.38. The van der Waals surface area contributed by atoms with Gasteiger partial charge in [0.15, 0.2) is 0 Å². The van der Waals surface area contributed by atoms with E-state index in [1.165, 1.54) is 36.8 Å². The van der Waals surface area contributed by atoms with Gasteiger partial charge in [0.2, 0.25) is 0 Å². The van der Waals surface area contributed by atoms with E-state index in [1.54, 1.807) is 7.11 Å². The van der Waals surface area contributed by atoms with E-state index in [0.717, 1.165) is 31.8 Å². The molecule has 1 aromatic carbocycles. The van der Waals surface area contributed by atoms with Crippen molar-refractivity contribution in [2.75, 3.05) is 20.2 Å². The number of benzene rings is 1. The second kappa shape index (κ2) is 5.98. The fourth-order valence-electron chi connectivity index (χ4n) is 4.21. The highest BCUT2D eigenvalue weighted by Crippen LogP contribution is 2.45. The third kappa shape index (κ3) is 2.95. The van der Waals surface area contributed by atoms with Crippen LogP contribution in [-0.2, 0) is 6.54 Å². The predicted octanol–water partition coefficient (Wildman–Crippen LogP) is 3.13. The molecule has 116 valence electrons. The van der Waals surface area contributed by atoms with Crippen LogP contribution in [0.25, 0.3) is 0 Å². The van der Waals surface area contributed by atoms with Crippen molar-refractivity contribution in [3.63, 3.8) is 0 Å². The minimum atomic E-state index is -0.0970. The van der Waals surface area contributed by atoms with Gasteiger partial charge in [-0.25, -0.2) is 0 Å². The molecule has 1 spiro atoms. The lowest BCUT2D eigenvalue weighted by molar-refractivity contribution is -0.0121. The Morgan fingerprint density at radius 2 is 2.14 bits per heavy atom. The van der Waals surface area contributed by atoms with Crippen molar-refractivity contribution in [3.8, 4) is 5.75 Å². The monoisotopic (exact) mass is 289 g/mol. The number of rotatable bonds is 3. The van der Waals surface area contributed by atoms with E-state index in [-0.39, 0.29) is 11.5 Å². The summed E-state index contributed by atoms with van der Waals surface area (Å²) in [4.78, 5) is 2.51. The van der Waals surface area contributed by atoms with Gasteiger partial charge in [0, 0.05) is 24.1 Å². The van der Waals surface area contributed by atoms with Crippen LogP contribution in [0.15, 0.2) is 18.2 Å². The molecule has 0 radical (unpaired) electrons. The van der Waals surface area contributed by atoms with Gasteiger partial charge in [-0.15, -0.1) is 0 Å². The quantitative estimate of drug-likeness (QED) is 0.928. The maximum absolute atomic E-state index is 10.4. The van der Waals surface area contributed by atoms with Gasteiger partial charge in [0.05, 0.1) is 13.2 Å². The number of hydrogen-bond acceptors (Lipinski definition) is 3. The number of likely N-dealkylation sites (tertiary alicyclic amines) is 1. The van der Waals surface area contributed by atoms with Crippen molar-refractivity contribution in [3.05, 3.63) is 29.3 Å². The van der Waals surface area contributed by atoms with Crippen LogP contribution in [0.4, 0.5) is 0 Å². The Balaban J connectivity index is 1.73.